The molecule has 0 atom stereocenters. The summed E-state index contributed by atoms with van der Waals surface area (Å²) in [4.78, 5) is 26.4. The van der Waals surface area contributed by atoms with E-state index in [1.165, 1.54) is 28.4 Å². The Hall–Kier alpha value is -3.11. The summed E-state index contributed by atoms with van der Waals surface area (Å²) in [5.74, 6) is 0.181. The molecule has 1 aliphatic heterocycles. The van der Waals surface area contributed by atoms with Gasteiger partial charge in [0.2, 0.25) is 10.0 Å². The van der Waals surface area contributed by atoms with Crippen LogP contribution in [0, 0.1) is 5.92 Å². The third kappa shape index (κ3) is 6.06. The van der Waals surface area contributed by atoms with Gasteiger partial charge in [0, 0.05) is 31.9 Å². The Balaban J connectivity index is 1.55. The normalized spacial score (nSPS) is 15.1. The first-order valence-electron chi connectivity index (χ1n) is 11.1. The van der Waals surface area contributed by atoms with E-state index in [4.69, 9.17) is 9.47 Å². The van der Waals surface area contributed by atoms with Crippen LogP contribution in [-0.2, 0) is 14.8 Å². The molecule has 0 spiro atoms. The van der Waals surface area contributed by atoms with Gasteiger partial charge in [-0.05, 0) is 75.2 Å². The second kappa shape index (κ2) is 10.9. The van der Waals surface area contributed by atoms with E-state index in [1.54, 1.807) is 43.4 Å². The average Bonchev–Trinajstić information content (AvgIpc) is 2.83. The molecule has 34 heavy (non-hydrogen) atoms. The number of nitrogens with zero attached hydrogens (tertiary/aromatic N) is 2. The van der Waals surface area contributed by atoms with Crippen molar-refractivity contribution in [3.05, 3.63) is 48.5 Å². The smallest absolute Gasteiger partial charge is 0.321 e. The van der Waals surface area contributed by atoms with Crippen LogP contribution in [0.15, 0.2) is 53.4 Å². The van der Waals surface area contributed by atoms with Gasteiger partial charge in [0.15, 0.2) is 0 Å². The third-order valence-electron chi connectivity index (χ3n) is 5.64. The number of carbonyl (C=O) groups is 2. The summed E-state index contributed by atoms with van der Waals surface area (Å²) < 4.78 is 37.7. The van der Waals surface area contributed by atoms with Crippen LogP contribution in [0.5, 0.6) is 11.5 Å². The van der Waals surface area contributed by atoms with Gasteiger partial charge in [-0.1, -0.05) is 0 Å². The van der Waals surface area contributed by atoms with Gasteiger partial charge in [-0.2, -0.15) is 4.31 Å². The third-order valence-corrected chi connectivity index (χ3v) is 7.56. The number of piperidine rings is 1. The van der Waals surface area contributed by atoms with Crippen molar-refractivity contribution in [1.29, 1.82) is 0 Å². The molecule has 10 heteroatoms. The highest BCUT2D eigenvalue weighted by molar-refractivity contribution is 7.89. The van der Waals surface area contributed by atoms with Crippen molar-refractivity contribution in [2.24, 2.45) is 5.92 Å². The summed E-state index contributed by atoms with van der Waals surface area (Å²) in [5.41, 5.74) is 0.662. The van der Waals surface area contributed by atoms with Gasteiger partial charge in [0.05, 0.1) is 17.9 Å². The predicted molar refractivity (Wildman–Crippen MR) is 129 cm³/mol. The molecule has 2 aromatic carbocycles. The van der Waals surface area contributed by atoms with Crippen molar-refractivity contribution in [3.63, 3.8) is 0 Å². The van der Waals surface area contributed by atoms with E-state index in [1.807, 2.05) is 13.8 Å². The molecule has 184 valence electrons. The first kappa shape index (κ1) is 25.5. The number of ether oxygens (including phenoxy) is 2. The lowest BCUT2D eigenvalue weighted by molar-refractivity contribution is -0.140. The maximum absolute atomic E-state index is 12.9. The van der Waals surface area contributed by atoms with Crippen molar-refractivity contribution in [3.8, 4) is 11.5 Å². The highest BCUT2D eigenvalue weighted by Gasteiger charge is 2.33. The number of sulfonamides is 1. The molecule has 3 rings (SSSR count). The van der Waals surface area contributed by atoms with Gasteiger partial charge in [-0.25, -0.2) is 13.2 Å². The molecule has 0 saturated carbocycles. The van der Waals surface area contributed by atoms with Crippen LogP contribution in [0.1, 0.15) is 26.7 Å². The Kier molecular flexibility index (Phi) is 8.16. The summed E-state index contributed by atoms with van der Waals surface area (Å²) in [6.07, 6.45) is 0.759. The summed E-state index contributed by atoms with van der Waals surface area (Å²) in [5, 5.41) is 2.81. The van der Waals surface area contributed by atoms with E-state index < -0.39 is 10.0 Å². The minimum Gasteiger partial charge on any atom is -0.497 e. The van der Waals surface area contributed by atoms with E-state index >= 15 is 0 Å². The lowest BCUT2D eigenvalue weighted by Gasteiger charge is -2.30. The zero-order valence-corrected chi connectivity index (χ0v) is 20.7. The van der Waals surface area contributed by atoms with Gasteiger partial charge in [-0.3, -0.25) is 9.69 Å². The number of anilines is 1. The van der Waals surface area contributed by atoms with Gasteiger partial charge < -0.3 is 14.8 Å². The molecule has 1 heterocycles. The number of carbonyl (C=O) groups excluding carboxylic acids is 2. The maximum Gasteiger partial charge on any atom is 0.321 e. The summed E-state index contributed by atoms with van der Waals surface area (Å²) in [7, 11) is -0.455. The number of rotatable bonds is 7. The molecular formula is C24H31N3O6S. The minimum atomic E-state index is -3.63. The quantitative estimate of drug-likeness (QED) is 0.473. The number of esters is 1. The second-order valence-corrected chi connectivity index (χ2v) is 10.4. The van der Waals surface area contributed by atoms with Crippen LogP contribution in [-0.4, -0.2) is 58.0 Å². The molecule has 1 aliphatic rings. The van der Waals surface area contributed by atoms with Crippen LogP contribution in [0.4, 0.5) is 10.5 Å². The number of methoxy groups -OCH3 is 1. The Morgan fingerprint density at radius 3 is 2.09 bits per heavy atom. The number of nitrogens with one attached hydrogen (secondary N) is 1. The lowest BCUT2D eigenvalue weighted by Crippen LogP contribution is -2.41. The standard InChI is InChI=1S/C24H31N3O6S/c1-17(2)25-24(29)26(3)19-5-7-21(8-6-19)33-23(28)18-13-15-27(16-14-18)34(30,31)22-11-9-20(32-4)10-12-22/h5-12,17-18H,13-16H2,1-4H3,(H,25,29). The predicted octanol–water partition coefficient (Wildman–Crippen LogP) is 3.26. The van der Waals surface area contributed by atoms with Crippen LogP contribution in [0.2, 0.25) is 0 Å². The average molecular weight is 490 g/mol. The first-order chi connectivity index (χ1) is 16.1. The Bertz CT molecular complexity index is 1090. The maximum atomic E-state index is 12.9. The number of benzene rings is 2. The van der Waals surface area contributed by atoms with Gasteiger partial charge in [0.25, 0.3) is 0 Å². The Morgan fingerprint density at radius 2 is 1.56 bits per heavy atom. The molecule has 0 aliphatic carbocycles. The van der Waals surface area contributed by atoms with Crippen molar-refractivity contribution in [2.75, 3.05) is 32.1 Å². The monoisotopic (exact) mass is 489 g/mol. The Morgan fingerprint density at radius 1 is 1.00 bits per heavy atom. The Labute approximate surface area is 200 Å². The topological polar surface area (TPSA) is 105 Å². The largest absolute Gasteiger partial charge is 0.497 e. The molecule has 1 N–H and O–H groups in total. The van der Waals surface area contributed by atoms with Gasteiger partial charge in [0.1, 0.15) is 11.5 Å². The van der Waals surface area contributed by atoms with E-state index in [2.05, 4.69) is 5.32 Å². The number of urea groups is 1. The summed E-state index contributed by atoms with van der Waals surface area (Å²) in [6.45, 7) is 4.24. The number of hydrogen-bond donors (Lipinski definition) is 1. The second-order valence-electron chi connectivity index (χ2n) is 8.43. The summed E-state index contributed by atoms with van der Waals surface area (Å²) in [6, 6.07) is 12.7. The van der Waals surface area contributed by atoms with Crippen LogP contribution in [0.25, 0.3) is 0 Å². The molecule has 0 bridgehead atoms. The molecular weight excluding hydrogens is 458 g/mol. The highest BCUT2D eigenvalue weighted by atomic mass is 32.2. The zero-order chi connectivity index (χ0) is 24.9. The molecule has 0 radical (unpaired) electrons. The molecule has 0 aromatic heterocycles. The molecule has 1 fully saturated rings. The molecule has 9 nitrogen and oxygen atoms in total. The summed E-state index contributed by atoms with van der Waals surface area (Å²) >= 11 is 0. The molecule has 0 unspecified atom stereocenters. The van der Waals surface area contributed by atoms with E-state index in [9.17, 15) is 18.0 Å². The van der Waals surface area contributed by atoms with Crippen molar-refractivity contribution >= 4 is 27.7 Å². The minimum absolute atomic E-state index is 0.0211. The highest BCUT2D eigenvalue weighted by Crippen LogP contribution is 2.27. The van der Waals surface area contributed by atoms with Gasteiger partial charge in [-0.15, -0.1) is 0 Å². The number of amides is 2. The zero-order valence-electron chi connectivity index (χ0n) is 19.9. The van der Waals surface area contributed by atoms with E-state index in [-0.39, 0.29) is 41.9 Å². The number of hydrogen-bond acceptors (Lipinski definition) is 6. The van der Waals surface area contributed by atoms with Crippen LogP contribution >= 0.6 is 0 Å². The van der Waals surface area contributed by atoms with Gasteiger partial charge >= 0.3 is 12.0 Å². The first-order valence-corrected chi connectivity index (χ1v) is 12.6. The molecule has 2 aromatic rings. The fourth-order valence-electron chi connectivity index (χ4n) is 3.63. The SMILES string of the molecule is COc1ccc(S(=O)(=O)N2CCC(C(=O)Oc3ccc(N(C)C(=O)NC(C)C)cc3)CC2)cc1. The van der Waals surface area contributed by atoms with Crippen molar-refractivity contribution in [2.45, 2.75) is 37.6 Å². The fourth-order valence-corrected chi connectivity index (χ4v) is 5.10. The van der Waals surface area contributed by atoms with Crippen molar-refractivity contribution in [1.82, 2.24) is 9.62 Å². The van der Waals surface area contributed by atoms with Crippen LogP contribution < -0.4 is 19.7 Å². The fraction of sp³-hybridized carbons (Fsp3) is 0.417. The van der Waals surface area contributed by atoms with E-state index in [0.717, 1.165) is 0 Å². The lowest BCUT2D eigenvalue weighted by atomic mass is 9.98. The van der Waals surface area contributed by atoms with E-state index in [0.29, 0.717) is 30.0 Å². The molecule has 2 amide bonds. The van der Waals surface area contributed by atoms with Crippen LogP contribution in [0.3, 0.4) is 0 Å². The molecule has 1 saturated heterocycles. The van der Waals surface area contributed by atoms with Crippen molar-refractivity contribution < 1.29 is 27.5 Å².